The van der Waals surface area contributed by atoms with Gasteiger partial charge in [-0.15, -0.1) is 0 Å². The SMILES string of the molecule is CC(C)(C(=O)O)C(C)(F)C1CCCCC1. The number of rotatable bonds is 3. The van der Waals surface area contributed by atoms with Crippen molar-refractivity contribution in [2.75, 3.05) is 0 Å². The number of alkyl halides is 1. The van der Waals surface area contributed by atoms with Crippen LogP contribution in [0.25, 0.3) is 0 Å². The largest absolute Gasteiger partial charge is 0.481 e. The highest BCUT2D eigenvalue weighted by Crippen LogP contribution is 2.46. The molecule has 1 saturated carbocycles. The van der Waals surface area contributed by atoms with E-state index in [4.69, 9.17) is 5.11 Å². The van der Waals surface area contributed by atoms with Crippen molar-refractivity contribution in [2.24, 2.45) is 11.3 Å². The third-order valence-electron chi connectivity index (χ3n) is 4.13. The van der Waals surface area contributed by atoms with E-state index in [2.05, 4.69) is 0 Å². The summed E-state index contributed by atoms with van der Waals surface area (Å²) in [5.74, 6) is -1.14. The molecule has 0 spiro atoms. The fourth-order valence-electron chi connectivity index (χ4n) is 2.36. The minimum absolute atomic E-state index is 0.0997. The molecule has 1 aliphatic carbocycles. The number of hydrogen-bond acceptors (Lipinski definition) is 1. The summed E-state index contributed by atoms with van der Waals surface area (Å²) < 4.78 is 14.6. The van der Waals surface area contributed by atoms with E-state index in [-0.39, 0.29) is 5.92 Å². The third kappa shape index (κ3) is 2.16. The Morgan fingerprint density at radius 1 is 1.20 bits per heavy atom. The molecule has 1 unspecified atom stereocenters. The molecule has 1 atom stereocenters. The molecule has 0 aromatic carbocycles. The lowest BCUT2D eigenvalue weighted by molar-refractivity contribution is -0.160. The van der Waals surface area contributed by atoms with Crippen LogP contribution in [0.5, 0.6) is 0 Å². The van der Waals surface area contributed by atoms with Crippen molar-refractivity contribution in [1.29, 1.82) is 0 Å². The van der Waals surface area contributed by atoms with Crippen molar-refractivity contribution in [3.05, 3.63) is 0 Å². The maximum Gasteiger partial charge on any atom is 0.312 e. The van der Waals surface area contributed by atoms with Gasteiger partial charge >= 0.3 is 5.97 Å². The van der Waals surface area contributed by atoms with E-state index in [1.54, 1.807) is 0 Å². The molecule has 0 radical (unpaired) electrons. The molecule has 0 bridgehead atoms. The fraction of sp³-hybridized carbons (Fsp3) is 0.917. The van der Waals surface area contributed by atoms with Gasteiger partial charge in [0.1, 0.15) is 5.67 Å². The van der Waals surface area contributed by atoms with Crippen LogP contribution in [0.3, 0.4) is 0 Å². The molecular formula is C12H21FO2. The Kier molecular flexibility index (Phi) is 3.41. The molecule has 0 aromatic rings. The maximum atomic E-state index is 14.6. The van der Waals surface area contributed by atoms with Gasteiger partial charge in [-0.05, 0) is 39.5 Å². The zero-order chi connectivity index (χ0) is 11.7. The summed E-state index contributed by atoms with van der Waals surface area (Å²) in [6, 6.07) is 0. The second kappa shape index (κ2) is 4.11. The summed E-state index contributed by atoms with van der Waals surface area (Å²) in [5.41, 5.74) is -2.91. The van der Waals surface area contributed by atoms with Gasteiger partial charge in [-0.2, -0.15) is 0 Å². The number of carbonyl (C=O) groups is 1. The molecule has 1 rings (SSSR count). The van der Waals surface area contributed by atoms with Gasteiger partial charge in [0.05, 0.1) is 5.41 Å². The van der Waals surface area contributed by atoms with E-state index >= 15 is 0 Å². The summed E-state index contributed by atoms with van der Waals surface area (Å²) in [5, 5.41) is 9.07. The second-order valence-corrected chi connectivity index (χ2v) is 5.34. The molecule has 15 heavy (non-hydrogen) atoms. The molecule has 0 saturated heterocycles. The smallest absolute Gasteiger partial charge is 0.312 e. The van der Waals surface area contributed by atoms with Gasteiger partial charge < -0.3 is 5.11 Å². The summed E-state index contributed by atoms with van der Waals surface area (Å²) >= 11 is 0. The first-order chi connectivity index (χ1) is 6.80. The van der Waals surface area contributed by atoms with Crippen LogP contribution in [-0.2, 0) is 4.79 Å². The van der Waals surface area contributed by atoms with Crippen molar-refractivity contribution in [2.45, 2.75) is 58.5 Å². The molecule has 1 fully saturated rings. The average Bonchev–Trinajstić information content (AvgIpc) is 2.18. The summed E-state index contributed by atoms with van der Waals surface area (Å²) in [6.45, 7) is 4.44. The van der Waals surface area contributed by atoms with Crippen LogP contribution in [0, 0.1) is 11.3 Å². The zero-order valence-electron chi connectivity index (χ0n) is 9.85. The third-order valence-corrected chi connectivity index (χ3v) is 4.13. The first-order valence-corrected chi connectivity index (χ1v) is 5.72. The van der Waals surface area contributed by atoms with Gasteiger partial charge in [0.25, 0.3) is 0 Å². The Balaban J connectivity index is 2.84. The highest BCUT2D eigenvalue weighted by Gasteiger charge is 2.52. The first-order valence-electron chi connectivity index (χ1n) is 5.72. The second-order valence-electron chi connectivity index (χ2n) is 5.34. The van der Waals surface area contributed by atoms with Crippen LogP contribution in [-0.4, -0.2) is 16.7 Å². The van der Waals surface area contributed by atoms with Crippen molar-refractivity contribution >= 4 is 5.97 Å². The summed E-state index contributed by atoms with van der Waals surface area (Å²) in [4.78, 5) is 11.1. The van der Waals surface area contributed by atoms with Crippen LogP contribution in [0.1, 0.15) is 52.9 Å². The normalized spacial score (nSPS) is 23.5. The van der Waals surface area contributed by atoms with Crippen LogP contribution in [0.4, 0.5) is 4.39 Å². The molecule has 2 nitrogen and oxygen atoms in total. The van der Waals surface area contributed by atoms with Gasteiger partial charge in [-0.25, -0.2) is 4.39 Å². The molecule has 0 heterocycles. The molecular weight excluding hydrogens is 195 g/mol. The Labute approximate surface area is 90.9 Å². The predicted octanol–water partition coefficient (Wildman–Crippen LogP) is 3.41. The summed E-state index contributed by atoms with van der Waals surface area (Å²) in [7, 11) is 0. The van der Waals surface area contributed by atoms with Gasteiger partial charge in [-0.1, -0.05) is 19.3 Å². The molecule has 0 aromatic heterocycles. The summed E-state index contributed by atoms with van der Waals surface area (Å²) in [6.07, 6.45) is 4.85. The topological polar surface area (TPSA) is 37.3 Å². The van der Waals surface area contributed by atoms with Crippen molar-refractivity contribution in [1.82, 2.24) is 0 Å². The van der Waals surface area contributed by atoms with Gasteiger partial charge in [0.2, 0.25) is 0 Å². The molecule has 0 aliphatic heterocycles. The van der Waals surface area contributed by atoms with E-state index in [9.17, 15) is 9.18 Å². The Morgan fingerprint density at radius 2 is 1.67 bits per heavy atom. The number of carboxylic acid groups (broad SMARTS) is 1. The van der Waals surface area contributed by atoms with E-state index in [0.29, 0.717) is 0 Å². The lowest BCUT2D eigenvalue weighted by Crippen LogP contribution is -2.49. The zero-order valence-corrected chi connectivity index (χ0v) is 9.85. The van der Waals surface area contributed by atoms with Crippen LogP contribution in [0.2, 0.25) is 0 Å². The lowest BCUT2D eigenvalue weighted by atomic mass is 9.66. The van der Waals surface area contributed by atoms with Crippen molar-refractivity contribution in [3.63, 3.8) is 0 Å². The van der Waals surface area contributed by atoms with E-state index in [1.807, 2.05) is 0 Å². The predicted molar refractivity (Wildman–Crippen MR) is 57.5 cm³/mol. The quantitative estimate of drug-likeness (QED) is 0.785. The maximum absolute atomic E-state index is 14.6. The standard InChI is InChI=1S/C12H21FO2/c1-11(2,10(14)15)12(3,13)9-7-5-4-6-8-9/h9H,4-8H2,1-3H3,(H,14,15). The molecule has 1 N–H and O–H groups in total. The lowest BCUT2D eigenvalue weighted by Gasteiger charge is -2.42. The Morgan fingerprint density at radius 3 is 2.07 bits per heavy atom. The van der Waals surface area contributed by atoms with Gasteiger partial charge in [0.15, 0.2) is 0 Å². The number of hydrogen-bond donors (Lipinski definition) is 1. The molecule has 3 heteroatoms. The molecule has 0 amide bonds. The molecule has 88 valence electrons. The Bertz CT molecular complexity index is 240. The molecule has 1 aliphatic rings. The van der Waals surface area contributed by atoms with Crippen LogP contribution < -0.4 is 0 Å². The highest BCUT2D eigenvalue weighted by molar-refractivity contribution is 5.75. The van der Waals surface area contributed by atoms with E-state index in [0.717, 1.165) is 32.1 Å². The Hall–Kier alpha value is -0.600. The van der Waals surface area contributed by atoms with Crippen molar-refractivity contribution in [3.8, 4) is 0 Å². The fourth-order valence-corrected chi connectivity index (χ4v) is 2.36. The van der Waals surface area contributed by atoms with Gasteiger partial charge in [-0.3, -0.25) is 4.79 Å². The first kappa shape index (κ1) is 12.5. The minimum atomic E-state index is -1.61. The monoisotopic (exact) mass is 216 g/mol. The highest BCUT2D eigenvalue weighted by atomic mass is 19.1. The average molecular weight is 216 g/mol. The minimum Gasteiger partial charge on any atom is -0.481 e. The van der Waals surface area contributed by atoms with E-state index in [1.165, 1.54) is 20.8 Å². The van der Waals surface area contributed by atoms with Crippen LogP contribution >= 0.6 is 0 Å². The number of halogens is 1. The van der Waals surface area contributed by atoms with E-state index < -0.39 is 17.1 Å². The van der Waals surface area contributed by atoms with Crippen molar-refractivity contribution < 1.29 is 14.3 Å². The number of aliphatic carboxylic acids is 1. The number of carboxylic acids is 1. The van der Waals surface area contributed by atoms with Crippen LogP contribution in [0.15, 0.2) is 0 Å². The van der Waals surface area contributed by atoms with Gasteiger partial charge in [0, 0.05) is 0 Å².